The van der Waals surface area contributed by atoms with Crippen LogP contribution in [0.3, 0.4) is 0 Å². The Morgan fingerprint density at radius 2 is 2.38 bits per heavy atom. The van der Waals surface area contributed by atoms with E-state index in [1.54, 1.807) is 0 Å². The Balaban J connectivity index is 2.17. The third-order valence-corrected chi connectivity index (χ3v) is 2.33. The summed E-state index contributed by atoms with van der Waals surface area (Å²) in [5.74, 6) is -1.54. The van der Waals surface area contributed by atoms with Gasteiger partial charge in [0.1, 0.15) is 6.26 Å². The molecular weight excluding hydrogens is 216 g/mol. The Bertz CT molecular complexity index is 389. The maximum Gasteiger partial charge on any atom is 0.328 e. The van der Waals surface area contributed by atoms with E-state index in [-0.39, 0.29) is 18.8 Å². The van der Waals surface area contributed by atoms with E-state index in [0.717, 1.165) is 0 Å². The van der Waals surface area contributed by atoms with Crippen LogP contribution in [0.15, 0.2) is 16.9 Å². The second kappa shape index (κ2) is 4.31. The average molecular weight is 226 g/mol. The Morgan fingerprint density at radius 1 is 1.56 bits per heavy atom. The molecule has 0 spiro atoms. The van der Waals surface area contributed by atoms with Crippen molar-refractivity contribution in [3.63, 3.8) is 0 Å². The third-order valence-electron chi connectivity index (χ3n) is 2.33. The second-order valence-electron chi connectivity index (χ2n) is 3.31. The van der Waals surface area contributed by atoms with Gasteiger partial charge >= 0.3 is 5.97 Å². The van der Waals surface area contributed by atoms with Gasteiger partial charge in [0.25, 0.3) is 5.91 Å². The molecule has 1 aromatic heterocycles. The van der Waals surface area contributed by atoms with E-state index in [1.165, 1.54) is 17.2 Å². The molecule has 86 valence electrons. The summed E-state index contributed by atoms with van der Waals surface area (Å²) in [6.45, 7) is 0.564. The highest BCUT2D eigenvalue weighted by Crippen LogP contribution is 2.11. The number of nitrogens with zero attached hydrogens (tertiary/aromatic N) is 2. The lowest BCUT2D eigenvalue weighted by Gasteiger charge is -2.32. The smallest absolute Gasteiger partial charge is 0.328 e. The highest BCUT2D eigenvalue weighted by molar-refractivity contribution is 5.95. The van der Waals surface area contributed by atoms with Gasteiger partial charge in [-0.1, -0.05) is 5.16 Å². The van der Waals surface area contributed by atoms with Crippen LogP contribution < -0.4 is 0 Å². The number of morpholine rings is 1. The lowest BCUT2D eigenvalue weighted by molar-refractivity contribution is -0.147. The van der Waals surface area contributed by atoms with Crippen LogP contribution in [0.4, 0.5) is 0 Å². The highest BCUT2D eigenvalue weighted by atomic mass is 16.5. The standard InChI is InChI=1S/C9H10N2O5/c12-8(6-1-3-16-10-6)11-2-4-15-5-7(11)9(13)14/h1,3,7H,2,4-5H2,(H,13,14). The maximum absolute atomic E-state index is 11.9. The van der Waals surface area contributed by atoms with Gasteiger partial charge in [-0.25, -0.2) is 4.79 Å². The molecule has 1 saturated heterocycles. The number of aliphatic carboxylic acids is 1. The number of amides is 1. The minimum atomic E-state index is -1.09. The Kier molecular flexibility index (Phi) is 2.86. The van der Waals surface area contributed by atoms with Crippen molar-refractivity contribution >= 4 is 11.9 Å². The summed E-state index contributed by atoms with van der Waals surface area (Å²) < 4.78 is 9.57. The summed E-state index contributed by atoms with van der Waals surface area (Å²) in [4.78, 5) is 24.0. The number of carboxylic acid groups (broad SMARTS) is 1. The first-order valence-corrected chi connectivity index (χ1v) is 4.72. The van der Waals surface area contributed by atoms with Crippen LogP contribution in [0.5, 0.6) is 0 Å². The largest absolute Gasteiger partial charge is 0.480 e. The van der Waals surface area contributed by atoms with Crippen LogP contribution in [0.25, 0.3) is 0 Å². The summed E-state index contributed by atoms with van der Waals surface area (Å²) in [6.07, 6.45) is 1.27. The fourth-order valence-corrected chi connectivity index (χ4v) is 1.52. The molecule has 1 unspecified atom stereocenters. The summed E-state index contributed by atoms with van der Waals surface area (Å²) in [5, 5.41) is 12.4. The molecule has 2 heterocycles. The van der Waals surface area contributed by atoms with E-state index in [9.17, 15) is 9.59 Å². The Morgan fingerprint density at radius 3 is 3.00 bits per heavy atom. The van der Waals surface area contributed by atoms with Gasteiger partial charge in [0.2, 0.25) is 0 Å². The quantitative estimate of drug-likeness (QED) is 0.737. The number of carbonyl (C=O) groups is 2. The van der Waals surface area contributed by atoms with E-state index in [0.29, 0.717) is 6.61 Å². The van der Waals surface area contributed by atoms with Crippen LogP contribution in [0.1, 0.15) is 10.5 Å². The molecule has 1 N–H and O–H groups in total. The van der Waals surface area contributed by atoms with Gasteiger partial charge in [-0.15, -0.1) is 0 Å². The summed E-state index contributed by atoms with van der Waals surface area (Å²) in [5.41, 5.74) is 0.105. The predicted octanol–water partition coefficient (Wildman–Crippen LogP) is -0.400. The minimum Gasteiger partial charge on any atom is -0.480 e. The van der Waals surface area contributed by atoms with Gasteiger partial charge in [-0.3, -0.25) is 4.79 Å². The van der Waals surface area contributed by atoms with Crippen LogP contribution in [-0.4, -0.2) is 52.8 Å². The summed E-state index contributed by atoms with van der Waals surface area (Å²) >= 11 is 0. The number of hydrogen-bond acceptors (Lipinski definition) is 5. The van der Waals surface area contributed by atoms with Crippen LogP contribution in [-0.2, 0) is 9.53 Å². The van der Waals surface area contributed by atoms with Gasteiger partial charge in [-0.2, -0.15) is 0 Å². The van der Waals surface area contributed by atoms with Crippen molar-refractivity contribution < 1.29 is 24.0 Å². The molecule has 1 atom stereocenters. The van der Waals surface area contributed by atoms with Gasteiger partial charge in [0, 0.05) is 12.6 Å². The molecule has 1 aliphatic rings. The lowest BCUT2D eigenvalue weighted by atomic mass is 10.2. The number of aromatic nitrogens is 1. The third kappa shape index (κ3) is 1.89. The van der Waals surface area contributed by atoms with E-state index >= 15 is 0 Å². The second-order valence-corrected chi connectivity index (χ2v) is 3.31. The zero-order valence-corrected chi connectivity index (χ0v) is 8.33. The molecule has 7 heteroatoms. The number of ether oxygens (including phenoxy) is 1. The van der Waals surface area contributed by atoms with Crippen molar-refractivity contribution in [1.29, 1.82) is 0 Å². The molecule has 0 saturated carbocycles. The monoisotopic (exact) mass is 226 g/mol. The molecule has 0 radical (unpaired) electrons. The zero-order valence-electron chi connectivity index (χ0n) is 8.33. The number of carbonyl (C=O) groups excluding carboxylic acids is 1. The molecule has 1 aromatic rings. The van der Waals surface area contributed by atoms with E-state index in [2.05, 4.69) is 9.68 Å². The number of carboxylic acids is 1. The lowest BCUT2D eigenvalue weighted by Crippen LogP contribution is -2.52. The fraction of sp³-hybridized carbons (Fsp3) is 0.444. The number of rotatable bonds is 2. The van der Waals surface area contributed by atoms with Crippen LogP contribution in [0, 0.1) is 0 Å². The molecular formula is C9H10N2O5. The molecule has 1 aliphatic heterocycles. The van der Waals surface area contributed by atoms with Crippen molar-refractivity contribution in [1.82, 2.24) is 10.1 Å². The van der Waals surface area contributed by atoms with Gasteiger partial charge < -0.3 is 19.3 Å². The van der Waals surface area contributed by atoms with Crippen LogP contribution in [0.2, 0.25) is 0 Å². The molecule has 0 aliphatic carbocycles. The first-order chi connectivity index (χ1) is 7.70. The van der Waals surface area contributed by atoms with Gasteiger partial charge in [0.15, 0.2) is 11.7 Å². The zero-order chi connectivity index (χ0) is 11.5. The fourth-order valence-electron chi connectivity index (χ4n) is 1.52. The van der Waals surface area contributed by atoms with Crippen molar-refractivity contribution in [3.8, 4) is 0 Å². The first-order valence-electron chi connectivity index (χ1n) is 4.72. The Labute approximate surface area is 90.6 Å². The molecule has 0 aromatic carbocycles. The number of hydrogen-bond donors (Lipinski definition) is 1. The van der Waals surface area contributed by atoms with Crippen molar-refractivity contribution in [2.75, 3.05) is 19.8 Å². The molecule has 7 nitrogen and oxygen atoms in total. The van der Waals surface area contributed by atoms with Crippen molar-refractivity contribution in [3.05, 3.63) is 18.0 Å². The first kappa shape index (κ1) is 10.6. The van der Waals surface area contributed by atoms with Gasteiger partial charge in [0.05, 0.1) is 13.2 Å². The predicted molar refractivity (Wildman–Crippen MR) is 49.8 cm³/mol. The normalized spacial score (nSPS) is 20.8. The van der Waals surface area contributed by atoms with E-state index in [1.807, 2.05) is 0 Å². The average Bonchev–Trinajstić information content (AvgIpc) is 2.81. The molecule has 2 rings (SSSR count). The molecule has 0 bridgehead atoms. The topological polar surface area (TPSA) is 92.9 Å². The van der Waals surface area contributed by atoms with Crippen molar-refractivity contribution in [2.45, 2.75) is 6.04 Å². The summed E-state index contributed by atoms with van der Waals surface area (Å²) in [7, 11) is 0. The SMILES string of the molecule is O=C(O)C1COCCN1C(=O)c1ccon1. The van der Waals surface area contributed by atoms with E-state index in [4.69, 9.17) is 9.84 Å². The highest BCUT2D eigenvalue weighted by Gasteiger charge is 2.34. The molecule has 1 fully saturated rings. The minimum absolute atomic E-state index is 0.00107. The molecule has 16 heavy (non-hydrogen) atoms. The van der Waals surface area contributed by atoms with E-state index < -0.39 is 17.9 Å². The van der Waals surface area contributed by atoms with Crippen molar-refractivity contribution in [2.24, 2.45) is 0 Å². The molecule has 1 amide bonds. The van der Waals surface area contributed by atoms with Gasteiger partial charge in [-0.05, 0) is 0 Å². The van der Waals surface area contributed by atoms with Crippen LogP contribution >= 0.6 is 0 Å². The summed E-state index contributed by atoms with van der Waals surface area (Å²) in [6, 6.07) is 0.439. The maximum atomic E-state index is 11.9. The Hall–Kier alpha value is -1.89.